The normalized spacial score (nSPS) is 11.5. The second kappa shape index (κ2) is 4.37. The monoisotopic (exact) mass is 267 g/mol. The average molecular weight is 267 g/mol. The Morgan fingerprint density at radius 1 is 1.28 bits per heavy atom. The van der Waals surface area contributed by atoms with Crippen molar-refractivity contribution >= 4 is 15.7 Å². The second-order valence-corrected chi connectivity index (χ2v) is 5.73. The number of hydrogen-bond acceptors (Lipinski definition) is 5. The van der Waals surface area contributed by atoms with Crippen LogP contribution in [0.15, 0.2) is 18.3 Å². The summed E-state index contributed by atoms with van der Waals surface area (Å²) in [4.78, 5) is 4.30. The predicted octanol–water partition coefficient (Wildman–Crippen LogP) is 0.557. The van der Waals surface area contributed by atoms with Gasteiger partial charge in [0.15, 0.2) is 0 Å². The SMILES string of the molecule is Cc1nc(-c2cn(C)nn2)ccc1NS(C)(=O)=O. The Kier molecular flexibility index (Phi) is 3.04. The highest BCUT2D eigenvalue weighted by atomic mass is 32.2. The van der Waals surface area contributed by atoms with Crippen molar-refractivity contribution < 1.29 is 8.42 Å². The van der Waals surface area contributed by atoms with Crippen molar-refractivity contribution in [1.82, 2.24) is 20.0 Å². The molecule has 0 bridgehead atoms. The molecule has 0 spiro atoms. The summed E-state index contributed by atoms with van der Waals surface area (Å²) in [5, 5.41) is 7.76. The quantitative estimate of drug-likeness (QED) is 0.877. The summed E-state index contributed by atoms with van der Waals surface area (Å²) in [6.07, 6.45) is 2.84. The largest absolute Gasteiger partial charge is 0.282 e. The van der Waals surface area contributed by atoms with Gasteiger partial charge in [-0.3, -0.25) is 9.40 Å². The molecule has 0 fully saturated rings. The van der Waals surface area contributed by atoms with Crippen LogP contribution in [0.25, 0.3) is 11.4 Å². The maximum atomic E-state index is 11.1. The van der Waals surface area contributed by atoms with Crippen molar-refractivity contribution in [3.8, 4) is 11.4 Å². The van der Waals surface area contributed by atoms with E-state index in [4.69, 9.17) is 0 Å². The zero-order valence-electron chi connectivity index (χ0n) is 10.2. The van der Waals surface area contributed by atoms with E-state index in [1.807, 2.05) is 0 Å². The van der Waals surface area contributed by atoms with Gasteiger partial charge in [-0.15, -0.1) is 5.10 Å². The smallest absolute Gasteiger partial charge is 0.229 e. The van der Waals surface area contributed by atoms with Crippen molar-refractivity contribution in [2.75, 3.05) is 11.0 Å². The van der Waals surface area contributed by atoms with Crippen molar-refractivity contribution in [1.29, 1.82) is 0 Å². The van der Waals surface area contributed by atoms with E-state index in [2.05, 4.69) is 20.0 Å². The Bertz CT molecular complexity index is 677. The minimum atomic E-state index is -3.30. The van der Waals surface area contributed by atoms with Crippen LogP contribution in [0.1, 0.15) is 5.69 Å². The van der Waals surface area contributed by atoms with Gasteiger partial charge in [-0.2, -0.15) is 0 Å². The van der Waals surface area contributed by atoms with E-state index in [0.29, 0.717) is 22.8 Å². The van der Waals surface area contributed by atoms with Crippen LogP contribution in [0.3, 0.4) is 0 Å². The summed E-state index contributed by atoms with van der Waals surface area (Å²) in [5.74, 6) is 0. The van der Waals surface area contributed by atoms with Gasteiger partial charge in [0.05, 0.1) is 29.5 Å². The Balaban J connectivity index is 2.36. The molecule has 0 radical (unpaired) electrons. The van der Waals surface area contributed by atoms with Crippen LogP contribution < -0.4 is 4.72 Å². The van der Waals surface area contributed by atoms with Gasteiger partial charge in [0.25, 0.3) is 0 Å². The lowest BCUT2D eigenvalue weighted by Crippen LogP contribution is -2.11. The maximum absolute atomic E-state index is 11.1. The van der Waals surface area contributed by atoms with Gasteiger partial charge in [-0.25, -0.2) is 13.4 Å². The summed E-state index contributed by atoms with van der Waals surface area (Å²) in [6, 6.07) is 3.36. The first kappa shape index (κ1) is 12.5. The van der Waals surface area contributed by atoms with Crippen molar-refractivity contribution in [2.45, 2.75) is 6.92 Å². The van der Waals surface area contributed by atoms with Crippen LogP contribution in [0.5, 0.6) is 0 Å². The first-order valence-electron chi connectivity index (χ1n) is 5.17. The van der Waals surface area contributed by atoms with Gasteiger partial charge < -0.3 is 0 Å². The number of aromatic nitrogens is 4. The van der Waals surface area contributed by atoms with Gasteiger partial charge in [0, 0.05) is 7.05 Å². The molecule has 96 valence electrons. The van der Waals surface area contributed by atoms with Gasteiger partial charge >= 0.3 is 0 Å². The minimum absolute atomic E-state index is 0.463. The molecule has 0 aliphatic carbocycles. The number of nitrogens with zero attached hydrogens (tertiary/aromatic N) is 4. The summed E-state index contributed by atoms with van der Waals surface area (Å²) < 4.78 is 26.3. The van der Waals surface area contributed by atoms with E-state index in [9.17, 15) is 8.42 Å². The van der Waals surface area contributed by atoms with Crippen molar-refractivity contribution in [3.63, 3.8) is 0 Å². The first-order valence-corrected chi connectivity index (χ1v) is 7.06. The fourth-order valence-electron chi connectivity index (χ4n) is 1.48. The molecule has 2 aromatic heterocycles. The molecule has 8 heteroatoms. The molecule has 0 saturated carbocycles. The Morgan fingerprint density at radius 3 is 2.50 bits per heavy atom. The van der Waals surface area contributed by atoms with Crippen molar-refractivity contribution in [2.24, 2.45) is 7.05 Å². The van der Waals surface area contributed by atoms with E-state index in [1.165, 1.54) is 0 Å². The molecular weight excluding hydrogens is 254 g/mol. The number of nitrogens with one attached hydrogen (secondary N) is 1. The van der Waals surface area contributed by atoms with Crippen LogP contribution in [0.2, 0.25) is 0 Å². The summed E-state index contributed by atoms with van der Waals surface area (Å²) in [6.45, 7) is 1.73. The average Bonchev–Trinajstić information content (AvgIpc) is 2.66. The van der Waals surface area contributed by atoms with Crippen LogP contribution >= 0.6 is 0 Å². The molecule has 2 rings (SSSR count). The number of anilines is 1. The molecule has 0 unspecified atom stereocenters. The first-order chi connectivity index (χ1) is 8.35. The number of rotatable bonds is 3. The number of pyridine rings is 1. The van der Waals surface area contributed by atoms with E-state index < -0.39 is 10.0 Å². The highest BCUT2D eigenvalue weighted by molar-refractivity contribution is 7.92. The molecule has 0 amide bonds. The molecule has 7 nitrogen and oxygen atoms in total. The highest BCUT2D eigenvalue weighted by Crippen LogP contribution is 2.19. The third-order valence-corrected chi connectivity index (χ3v) is 2.84. The molecule has 18 heavy (non-hydrogen) atoms. The van der Waals surface area contributed by atoms with Gasteiger partial charge in [-0.1, -0.05) is 5.21 Å². The minimum Gasteiger partial charge on any atom is -0.282 e. The lowest BCUT2D eigenvalue weighted by atomic mass is 10.2. The Hall–Kier alpha value is -1.96. The third-order valence-electron chi connectivity index (χ3n) is 2.25. The molecule has 1 N–H and O–H groups in total. The van der Waals surface area contributed by atoms with Crippen molar-refractivity contribution in [3.05, 3.63) is 24.0 Å². The molecule has 0 aliphatic rings. The van der Waals surface area contributed by atoms with Gasteiger partial charge in [0.2, 0.25) is 10.0 Å². The van der Waals surface area contributed by atoms with E-state index in [0.717, 1.165) is 6.26 Å². The maximum Gasteiger partial charge on any atom is 0.229 e. The number of hydrogen-bond donors (Lipinski definition) is 1. The lowest BCUT2D eigenvalue weighted by molar-refractivity contribution is 0.606. The zero-order valence-corrected chi connectivity index (χ0v) is 11.1. The van der Waals surface area contributed by atoms with Crippen LogP contribution in [-0.4, -0.2) is 34.7 Å². The standard InChI is InChI=1S/C10H13N5O2S/c1-7-8(13-18(3,16)17)4-5-9(11-7)10-6-15(2)14-12-10/h4-6,13H,1-3H3. The zero-order chi connectivity index (χ0) is 13.3. The van der Waals surface area contributed by atoms with Crippen LogP contribution in [-0.2, 0) is 17.1 Å². The molecular formula is C10H13N5O2S. The Morgan fingerprint density at radius 2 is 2.00 bits per heavy atom. The fourth-order valence-corrected chi connectivity index (χ4v) is 2.09. The summed E-state index contributed by atoms with van der Waals surface area (Å²) in [7, 11) is -1.53. The lowest BCUT2D eigenvalue weighted by Gasteiger charge is -2.07. The highest BCUT2D eigenvalue weighted by Gasteiger charge is 2.09. The fraction of sp³-hybridized carbons (Fsp3) is 0.300. The van der Waals surface area contributed by atoms with Gasteiger partial charge in [-0.05, 0) is 19.1 Å². The predicted molar refractivity (Wildman–Crippen MR) is 67.4 cm³/mol. The number of sulfonamides is 1. The molecule has 0 atom stereocenters. The second-order valence-electron chi connectivity index (χ2n) is 3.98. The molecule has 0 saturated heterocycles. The van der Waals surface area contributed by atoms with Crippen LogP contribution in [0, 0.1) is 6.92 Å². The van der Waals surface area contributed by atoms with Gasteiger partial charge in [0.1, 0.15) is 5.69 Å². The van der Waals surface area contributed by atoms with E-state index in [1.54, 1.807) is 37.0 Å². The third kappa shape index (κ3) is 2.83. The molecule has 0 aromatic carbocycles. The topological polar surface area (TPSA) is 89.8 Å². The van der Waals surface area contributed by atoms with E-state index in [-0.39, 0.29) is 0 Å². The van der Waals surface area contributed by atoms with Crippen LogP contribution in [0.4, 0.5) is 5.69 Å². The molecule has 2 heterocycles. The molecule has 2 aromatic rings. The summed E-state index contributed by atoms with van der Waals surface area (Å²) >= 11 is 0. The molecule has 0 aliphatic heterocycles. The summed E-state index contributed by atoms with van der Waals surface area (Å²) in [5.41, 5.74) is 2.35. The number of aryl methyl sites for hydroxylation is 2. The van der Waals surface area contributed by atoms with E-state index >= 15 is 0 Å². The Labute approximate surface area is 105 Å².